The van der Waals surface area contributed by atoms with Crippen molar-refractivity contribution in [3.05, 3.63) is 23.2 Å². The third-order valence-corrected chi connectivity index (χ3v) is 6.21. The number of unbranched alkanes of at least 4 members (excludes halogenated alkanes) is 1. The van der Waals surface area contributed by atoms with Gasteiger partial charge in [0.25, 0.3) is 5.91 Å². The number of rotatable bonds is 8. The third-order valence-electron chi connectivity index (χ3n) is 6.21. The summed E-state index contributed by atoms with van der Waals surface area (Å²) in [5.74, 6) is 1.43. The predicted octanol–water partition coefficient (Wildman–Crippen LogP) is 4.85. The number of hydrogen-bond donors (Lipinski definition) is 3. The molecule has 182 valence electrons. The van der Waals surface area contributed by atoms with E-state index < -0.39 is 0 Å². The molecule has 0 radical (unpaired) electrons. The van der Waals surface area contributed by atoms with Crippen LogP contribution in [0, 0.1) is 12.8 Å². The van der Waals surface area contributed by atoms with Crippen molar-refractivity contribution in [3.63, 3.8) is 0 Å². The molecule has 1 saturated carbocycles. The van der Waals surface area contributed by atoms with Gasteiger partial charge in [0.2, 0.25) is 5.91 Å². The number of carbonyl (C=O) groups excluding carboxylic acids is 2. The summed E-state index contributed by atoms with van der Waals surface area (Å²) < 4.78 is 5.76. The summed E-state index contributed by atoms with van der Waals surface area (Å²) in [5, 5.41) is 9.71. The van der Waals surface area contributed by atoms with Crippen LogP contribution in [0.4, 0.5) is 0 Å². The fraction of sp³-hybridized carbons (Fsp3) is 0.769. The summed E-state index contributed by atoms with van der Waals surface area (Å²) in [6.07, 6.45) is 6.56. The van der Waals surface area contributed by atoms with E-state index in [-0.39, 0.29) is 35.4 Å². The van der Waals surface area contributed by atoms with Crippen LogP contribution in [0.15, 0.2) is 10.5 Å². The monoisotopic (exact) mass is 447 g/mol. The van der Waals surface area contributed by atoms with Crippen molar-refractivity contribution in [2.24, 2.45) is 5.92 Å². The van der Waals surface area contributed by atoms with Crippen molar-refractivity contribution < 1.29 is 14.0 Å². The first-order chi connectivity index (χ1) is 14.8. The molecule has 1 aliphatic carbocycles. The number of aryl methyl sites for hydroxylation is 1. The fourth-order valence-corrected chi connectivity index (χ4v) is 4.57. The van der Waals surface area contributed by atoms with Crippen LogP contribution in [0.3, 0.4) is 0 Å². The van der Waals surface area contributed by atoms with Gasteiger partial charge in [0, 0.05) is 23.0 Å². The molecule has 2 amide bonds. The minimum absolute atomic E-state index is 0.0189. The minimum Gasteiger partial charge on any atom is -0.465 e. The van der Waals surface area contributed by atoms with E-state index in [1.165, 1.54) is 6.42 Å². The average molecular weight is 448 g/mol. The first-order valence-electron chi connectivity index (χ1n) is 12.3. The largest absolute Gasteiger partial charge is 0.465 e. The summed E-state index contributed by atoms with van der Waals surface area (Å²) in [7, 11) is 0. The lowest BCUT2D eigenvalue weighted by molar-refractivity contribution is -0.121. The molecule has 0 aliphatic heterocycles. The van der Waals surface area contributed by atoms with E-state index in [0.29, 0.717) is 23.3 Å². The molecule has 1 fully saturated rings. The standard InChI is InChI=1S/C26H45N3O3/c1-9-10-11-18-14-19(29-26(6,7)8)12-13-21(18)28-23(30)16-27-24(31)20-15-22(25(3,4)5)32-17(20)2/h15,18-19,21,29H,9-14,16H2,1-8H3,(H,27,31)(H,28,30). The van der Waals surface area contributed by atoms with E-state index in [0.717, 1.165) is 37.9 Å². The Kier molecular flexibility index (Phi) is 8.98. The van der Waals surface area contributed by atoms with Gasteiger partial charge in [-0.25, -0.2) is 0 Å². The molecule has 3 unspecified atom stereocenters. The number of furan rings is 1. The molecule has 0 aromatic carbocycles. The molecule has 1 aromatic rings. The number of amides is 2. The van der Waals surface area contributed by atoms with Crippen molar-refractivity contribution in [1.29, 1.82) is 0 Å². The van der Waals surface area contributed by atoms with Gasteiger partial charge in [-0.1, -0.05) is 40.5 Å². The highest BCUT2D eigenvalue weighted by atomic mass is 16.3. The highest BCUT2D eigenvalue weighted by Crippen LogP contribution is 2.30. The Labute approximate surface area is 194 Å². The van der Waals surface area contributed by atoms with E-state index >= 15 is 0 Å². The van der Waals surface area contributed by atoms with E-state index in [1.54, 1.807) is 13.0 Å². The Hall–Kier alpha value is -1.82. The van der Waals surface area contributed by atoms with Crippen molar-refractivity contribution in [1.82, 2.24) is 16.0 Å². The molecule has 1 aromatic heterocycles. The number of carbonyl (C=O) groups is 2. The second-order valence-corrected chi connectivity index (χ2v) is 11.5. The Bertz CT molecular complexity index is 770. The topological polar surface area (TPSA) is 83.4 Å². The van der Waals surface area contributed by atoms with Crippen LogP contribution in [0.2, 0.25) is 0 Å². The van der Waals surface area contributed by atoms with Gasteiger partial charge in [0.15, 0.2) is 0 Å². The van der Waals surface area contributed by atoms with E-state index in [2.05, 4.69) is 43.6 Å². The summed E-state index contributed by atoms with van der Waals surface area (Å²) in [4.78, 5) is 25.3. The molecule has 3 atom stereocenters. The highest BCUT2D eigenvalue weighted by Gasteiger charge is 2.32. The average Bonchev–Trinajstić information content (AvgIpc) is 3.07. The van der Waals surface area contributed by atoms with E-state index in [9.17, 15) is 9.59 Å². The summed E-state index contributed by atoms with van der Waals surface area (Å²) in [5.41, 5.74) is 0.421. The zero-order valence-electron chi connectivity index (χ0n) is 21.5. The molecule has 1 heterocycles. The van der Waals surface area contributed by atoms with Crippen LogP contribution in [-0.4, -0.2) is 36.0 Å². The molecule has 6 heteroatoms. The van der Waals surface area contributed by atoms with E-state index in [1.807, 2.05) is 20.8 Å². The Morgan fingerprint density at radius 3 is 2.38 bits per heavy atom. The van der Waals surface area contributed by atoms with Crippen LogP contribution in [0.25, 0.3) is 0 Å². The highest BCUT2D eigenvalue weighted by molar-refractivity contribution is 5.97. The van der Waals surface area contributed by atoms with Crippen LogP contribution in [-0.2, 0) is 10.2 Å². The summed E-state index contributed by atoms with van der Waals surface area (Å²) >= 11 is 0. The van der Waals surface area contributed by atoms with Gasteiger partial charge in [0.1, 0.15) is 11.5 Å². The molecule has 0 bridgehead atoms. The SMILES string of the molecule is CCCCC1CC(NC(C)(C)C)CCC1NC(=O)CNC(=O)c1cc(C(C)(C)C)oc1C. The van der Waals surface area contributed by atoms with Gasteiger partial charge in [-0.15, -0.1) is 0 Å². The maximum Gasteiger partial charge on any atom is 0.255 e. The molecule has 2 rings (SSSR count). The van der Waals surface area contributed by atoms with Gasteiger partial charge in [-0.05, 0) is 65.4 Å². The molecule has 0 saturated heterocycles. The quantitative estimate of drug-likeness (QED) is 0.532. The number of nitrogens with one attached hydrogen (secondary N) is 3. The summed E-state index contributed by atoms with van der Waals surface area (Å²) in [6, 6.07) is 2.45. The lowest BCUT2D eigenvalue weighted by Crippen LogP contribution is -2.52. The van der Waals surface area contributed by atoms with Crippen molar-refractivity contribution in [2.45, 2.75) is 117 Å². The minimum atomic E-state index is -0.266. The fourth-order valence-electron chi connectivity index (χ4n) is 4.57. The zero-order valence-corrected chi connectivity index (χ0v) is 21.5. The molecule has 0 spiro atoms. The molecular weight excluding hydrogens is 402 g/mol. The Morgan fingerprint density at radius 1 is 1.12 bits per heavy atom. The second kappa shape index (κ2) is 10.9. The van der Waals surface area contributed by atoms with Crippen LogP contribution in [0.1, 0.15) is 109 Å². The Balaban J connectivity index is 1.92. The maximum absolute atomic E-state index is 12.7. The Morgan fingerprint density at radius 2 is 1.81 bits per heavy atom. The molecular formula is C26H45N3O3. The smallest absolute Gasteiger partial charge is 0.255 e. The van der Waals surface area contributed by atoms with Crippen molar-refractivity contribution >= 4 is 11.8 Å². The molecule has 3 N–H and O–H groups in total. The van der Waals surface area contributed by atoms with E-state index in [4.69, 9.17) is 4.42 Å². The molecule has 6 nitrogen and oxygen atoms in total. The maximum atomic E-state index is 12.7. The first kappa shape index (κ1) is 26.4. The van der Waals surface area contributed by atoms with Crippen LogP contribution < -0.4 is 16.0 Å². The second-order valence-electron chi connectivity index (χ2n) is 11.5. The third kappa shape index (κ3) is 7.95. The van der Waals surface area contributed by atoms with Gasteiger partial charge in [-0.2, -0.15) is 0 Å². The first-order valence-corrected chi connectivity index (χ1v) is 12.3. The lowest BCUT2D eigenvalue weighted by atomic mass is 9.78. The zero-order chi connectivity index (χ0) is 24.1. The van der Waals surface area contributed by atoms with Gasteiger partial charge in [0.05, 0.1) is 12.1 Å². The van der Waals surface area contributed by atoms with Crippen LogP contribution >= 0.6 is 0 Å². The molecule has 1 aliphatic rings. The van der Waals surface area contributed by atoms with Crippen molar-refractivity contribution in [2.75, 3.05) is 6.54 Å². The van der Waals surface area contributed by atoms with Gasteiger partial charge >= 0.3 is 0 Å². The lowest BCUT2D eigenvalue weighted by Gasteiger charge is -2.40. The van der Waals surface area contributed by atoms with Gasteiger partial charge < -0.3 is 20.4 Å². The number of hydrogen-bond acceptors (Lipinski definition) is 4. The van der Waals surface area contributed by atoms with Gasteiger partial charge in [-0.3, -0.25) is 9.59 Å². The molecule has 32 heavy (non-hydrogen) atoms. The van der Waals surface area contributed by atoms with Crippen LogP contribution in [0.5, 0.6) is 0 Å². The predicted molar refractivity (Wildman–Crippen MR) is 130 cm³/mol. The normalized spacial score (nSPS) is 21.9. The summed E-state index contributed by atoms with van der Waals surface area (Å²) in [6.45, 7) is 16.7. The van der Waals surface area contributed by atoms with Crippen molar-refractivity contribution in [3.8, 4) is 0 Å².